The molecule has 1 aromatic heterocycles. The van der Waals surface area contributed by atoms with E-state index in [4.69, 9.17) is 10.4 Å². The van der Waals surface area contributed by atoms with E-state index in [1.165, 1.54) is 0 Å². The third kappa shape index (κ3) is 2.87. The quantitative estimate of drug-likeness (QED) is 0.381. The lowest BCUT2D eigenvalue weighted by Crippen LogP contribution is -2.42. The van der Waals surface area contributed by atoms with E-state index in [-0.39, 0.29) is 11.8 Å². The summed E-state index contributed by atoms with van der Waals surface area (Å²) in [6.07, 6.45) is 0.638. The number of nitrogens with one attached hydrogen (secondary N) is 1. The third-order valence-corrected chi connectivity index (χ3v) is 3.30. The Hall–Kier alpha value is -1.44. The number of carbonyl (C=O) groups excluding carboxylic acids is 1. The monoisotopic (exact) mass is 254 g/mol. The SMILES string of the molecule is CC1CCN(Cc2cc(C(=O)NN)no2)CC1O. The van der Waals surface area contributed by atoms with Gasteiger partial charge in [0.15, 0.2) is 11.5 Å². The average molecular weight is 254 g/mol. The summed E-state index contributed by atoms with van der Waals surface area (Å²) < 4.78 is 5.06. The van der Waals surface area contributed by atoms with Crippen molar-refractivity contribution in [2.75, 3.05) is 13.1 Å². The molecule has 2 rings (SSSR count). The molecule has 1 saturated heterocycles. The van der Waals surface area contributed by atoms with Gasteiger partial charge in [-0.3, -0.25) is 15.1 Å². The molecule has 0 spiro atoms. The van der Waals surface area contributed by atoms with Crippen LogP contribution in [0.25, 0.3) is 0 Å². The van der Waals surface area contributed by atoms with Gasteiger partial charge < -0.3 is 9.63 Å². The number of piperidine rings is 1. The Labute approximate surface area is 105 Å². The standard InChI is InChI=1S/C11H18N4O3/c1-7-2-3-15(6-10(7)16)5-8-4-9(14-18-8)11(17)13-12/h4,7,10,16H,2-3,5-6,12H2,1H3,(H,13,17). The Balaban J connectivity index is 1.93. The van der Waals surface area contributed by atoms with Crippen LogP contribution in [0.2, 0.25) is 0 Å². The summed E-state index contributed by atoms with van der Waals surface area (Å²) in [6.45, 7) is 4.09. The lowest BCUT2D eigenvalue weighted by atomic mass is 9.96. The van der Waals surface area contributed by atoms with E-state index in [0.717, 1.165) is 13.0 Å². The second kappa shape index (κ2) is 5.47. The Bertz CT molecular complexity index is 420. The first-order valence-electron chi connectivity index (χ1n) is 5.97. The number of aliphatic hydroxyl groups excluding tert-OH is 1. The fourth-order valence-electron chi connectivity index (χ4n) is 2.05. The number of aliphatic hydroxyl groups is 1. The Morgan fingerprint density at radius 1 is 1.78 bits per heavy atom. The molecule has 4 N–H and O–H groups in total. The normalized spacial score (nSPS) is 25.1. The van der Waals surface area contributed by atoms with E-state index in [1.54, 1.807) is 6.07 Å². The summed E-state index contributed by atoms with van der Waals surface area (Å²) in [4.78, 5) is 13.3. The van der Waals surface area contributed by atoms with Crippen molar-refractivity contribution in [1.82, 2.24) is 15.5 Å². The highest BCUT2D eigenvalue weighted by Crippen LogP contribution is 2.19. The van der Waals surface area contributed by atoms with Crippen molar-refractivity contribution < 1.29 is 14.4 Å². The number of nitrogens with zero attached hydrogens (tertiary/aromatic N) is 2. The number of amides is 1. The average Bonchev–Trinajstić information content (AvgIpc) is 2.81. The summed E-state index contributed by atoms with van der Waals surface area (Å²) in [5.74, 6) is 5.45. The zero-order chi connectivity index (χ0) is 13.1. The molecule has 18 heavy (non-hydrogen) atoms. The molecule has 100 valence electrons. The van der Waals surface area contributed by atoms with E-state index < -0.39 is 5.91 Å². The van der Waals surface area contributed by atoms with Gasteiger partial charge in [0.2, 0.25) is 0 Å². The number of rotatable bonds is 3. The van der Waals surface area contributed by atoms with Gasteiger partial charge >= 0.3 is 0 Å². The van der Waals surface area contributed by atoms with Crippen molar-refractivity contribution >= 4 is 5.91 Å². The predicted octanol–water partition coefficient (Wildman–Crippen LogP) is -0.519. The molecule has 1 amide bonds. The Morgan fingerprint density at radius 3 is 3.22 bits per heavy atom. The molecule has 2 atom stereocenters. The number of β-amino-alcohol motifs (C(OH)–C–C–N with tert-alkyl or cyclic N) is 1. The van der Waals surface area contributed by atoms with Crippen LogP contribution in [0.4, 0.5) is 0 Å². The van der Waals surface area contributed by atoms with Crippen molar-refractivity contribution in [1.29, 1.82) is 0 Å². The minimum absolute atomic E-state index is 0.165. The smallest absolute Gasteiger partial charge is 0.287 e. The molecular weight excluding hydrogens is 236 g/mol. The second-order valence-electron chi connectivity index (χ2n) is 4.72. The fourth-order valence-corrected chi connectivity index (χ4v) is 2.05. The third-order valence-electron chi connectivity index (χ3n) is 3.30. The van der Waals surface area contributed by atoms with Crippen LogP contribution < -0.4 is 11.3 Å². The first kappa shape index (κ1) is 13.0. The van der Waals surface area contributed by atoms with Gasteiger partial charge in [0.1, 0.15) is 0 Å². The van der Waals surface area contributed by atoms with Crippen LogP contribution in [0.3, 0.4) is 0 Å². The van der Waals surface area contributed by atoms with Crippen LogP contribution in [-0.4, -0.2) is 40.3 Å². The van der Waals surface area contributed by atoms with Crippen molar-refractivity contribution in [2.45, 2.75) is 26.0 Å². The number of nitrogens with two attached hydrogens (primary N) is 1. The van der Waals surface area contributed by atoms with E-state index in [1.807, 2.05) is 12.3 Å². The van der Waals surface area contributed by atoms with E-state index in [2.05, 4.69) is 10.1 Å². The molecule has 7 nitrogen and oxygen atoms in total. The molecule has 1 aliphatic heterocycles. The molecular formula is C11H18N4O3. The number of hydrazine groups is 1. The first-order valence-corrected chi connectivity index (χ1v) is 5.97. The zero-order valence-electron chi connectivity index (χ0n) is 10.3. The molecule has 1 aromatic rings. The predicted molar refractivity (Wildman–Crippen MR) is 63.2 cm³/mol. The summed E-state index contributed by atoms with van der Waals surface area (Å²) in [5.41, 5.74) is 2.16. The highest BCUT2D eigenvalue weighted by Gasteiger charge is 2.25. The van der Waals surface area contributed by atoms with Crippen LogP contribution in [0, 0.1) is 5.92 Å². The van der Waals surface area contributed by atoms with E-state index in [9.17, 15) is 9.90 Å². The molecule has 1 aliphatic rings. The molecule has 7 heteroatoms. The second-order valence-corrected chi connectivity index (χ2v) is 4.72. The molecule has 2 heterocycles. The van der Waals surface area contributed by atoms with Gasteiger partial charge in [0.25, 0.3) is 5.91 Å². The zero-order valence-corrected chi connectivity index (χ0v) is 10.3. The van der Waals surface area contributed by atoms with Crippen molar-refractivity contribution in [2.24, 2.45) is 11.8 Å². The molecule has 0 aromatic carbocycles. The number of carbonyl (C=O) groups is 1. The summed E-state index contributed by atoms with van der Waals surface area (Å²) in [7, 11) is 0. The summed E-state index contributed by atoms with van der Waals surface area (Å²) in [5, 5.41) is 13.4. The molecule has 2 unspecified atom stereocenters. The van der Waals surface area contributed by atoms with Crippen LogP contribution >= 0.6 is 0 Å². The van der Waals surface area contributed by atoms with Crippen molar-refractivity contribution in [3.63, 3.8) is 0 Å². The Morgan fingerprint density at radius 2 is 2.56 bits per heavy atom. The van der Waals surface area contributed by atoms with Gasteiger partial charge in [-0.1, -0.05) is 12.1 Å². The van der Waals surface area contributed by atoms with Crippen molar-refractivity contribution in [3.8, 4) is 0 Å². The largest absolute Gasteiger partial charge is 0.392 e. The number of aromatic nitrogens is 1. The maximum atomic E-state index is 11.2. The molecule has 1 fully saturated rings. The van der Waals surface area contributed by atoms with E-state index >= 15 is 0 Å². The van der Waals surface area contributed by atoms with Crippen LogP contribution in [0.1, 0.15) is 29.6 Å². The van der Waals surface area contributed by atoms with Gasteiger partial charge in [0, 0.05) is 12.6 Å². The number of nitrogen functional groups attached to an aromatic ring is 1. The topological polar surface area (TPSA) is 105 Å². The first-order chi connectivity index (χ1) is 8.60. The Kier molecular flexibility index (Phi) is 3.95. The van der Waals surface area contributed by atoms with Gasteiger partial charge in [-0.05, 0) is 18.9 Å². The van der Waals surface area contributed by atoms with E-state index in [0.29, 0.717) is 24.8 Å². The van der Waals surface area contributed by atoms with Crippen LogP contribution in [0.15, 0.2) is 10.6 Å². The maximum absolute atomic E-state index is 11.2. The minimum atomic E-state index is -0.475. The lowest BCUT2D eigenvalue weighted by molar-refractivity contribution is 0.0227. The fraction of sp³-hybridized carbons (Fsp3) is 0.636. The van der Waals surface area contributed by atoms with Gasteiger partial charge in [-0.2, -0.15) is 0 Å². The van der Waals surface area contributed by atoms with Crippen molar-refractivity contribution in [3.05, 3.63) is 17.5 Å². The maximum Gasteiger partial charge on any atom is 0.287 e. The molecule has 0 aliphatic carbocycles. The lowest BCUT2D eigenvalue weighted by Gasteiger charge is -2.33. The van der Waals surface area contributed by atoms with Crippen LogP contribution in [0.5, 0.6) is 0 Å². The van der Waals surface area contributed by atoms with Gasteiger partial charge in [0.05, 0.1) is 12.6 Å². The van der Waals surface area contributed by atoms with Gasteiger partial charge in [-0.25, -0.2) is 5.84 Å². The number of likely N-dealkylation sites (tertiary alicyclic amines) is 1. The van der Waals surface area contributed by atoms with Crippen LogP contribution in [-0.2, 0) is 6.54 Å². The number of hydrogen-bond donors (Lipinski definition) is 3. The summed E-state index contributed by atoms with van der Waals surface area (Å²) >= 11 is 0. The van der Waals surface area contributed by atoms with Gasteiger partial charge in [-0.15, -0.1) is 0 Å². The highest BCUT2D eigenvalue weighted by molar-refractivity contribution is 5.91. The number of hydrogen-bond acceptors (Lipinski definition) is 6. The highest BCUT2D eigenvalue weighted by atomic mass is 16.5. The summed E-state index contributed by atoms with van der Waals surface area (Å²) in [6, 6.07) is 1.56. The minimum Gasteiger partial charge on any atom is -0.392 e. The molecule has 0 saturated carbocycles. The molecule has 0 bridgehead atoms. The molecule has 0 radical (unpaired) electrons.